The second-order valence-electron chi connectivity index (χ2n) is 8.34. The van der Waals surface area contributed by atoms with Gasteiger partial charge in [-0.3, -0.25) is 9.59 Å². The molecule has 9 nitrogen and oxygen atoms in total. The Morgan fingerprint density at radius 2 is 1.76 bits per heavy atom. The maximum atomic E-state index is 12.7. The standard InChI is InChI=1S/C24H27NO8/c1-33-19-5-2-4-17(12-19)16-6-8-18(9-7-16)23(31)10-3-11-25(15-23)20(26)13-24(32,22(29)30)14-21(27)28/h2,4-9,12,31-32H,3,10-11,13-15H2,1H3,(H,27,28)(H,29,30). The molecule has 0 bridgehead atoms. The lowest BCUT2D eigenvalue weighted by Gasteiger charge is -2.40. The number of piperidine rings is 1. The number of likely N-dealkylation sites (tertiary alicyclic amines) is 1. The highest BCUT2D eigenvalue weighted by atomic mass is 16.5. The van der Waals surface area contributed by atoms with Crippen LogP contribution in [0, 0.1) is 0 Å². The molecule has 0 aliphatic carbocycles. The number of amides is 1. The van der Waals surface area contributed by atoms with Crippen LogP contribution >= 0.6 is 0 Å². The molecule has 9 heteroatoms. The van der Waals surface area contributed by atoms with Crippen molar-refractivity contribution in [2.45, 2.75) is 36.9 Å². The third-order valence-electron chi connectivity index (χ3n) is 5.93. The summed E-state index contributed by atoms with van der Waals surface area (Å²) >= 11 is 0. The first kappa shape index (κ1) is 24.2. The van der Waals surface area contributed by atoms with Gasteiger partial charge in [-0.25, -0.2) is 4.79 Å². The van der Waals surface area contributed by atoms with E-state index in [0.717, 1.165) is 16.9 Å². The van der Waals surface area contributed by atoms with Gasteiger partial charge in [0.1, 0.15) is 11.4 Å². The summed E-state index contributed by atoms with van der Waals surface area (Å²) in [6.45, 7) is 0.179. The number of carboxylic acids is 2. The van der Waals surface area contributed by atoms with Crippen LogP contribution in [0.1, 0.15) is 31.2 Å². The highest BCUT2D eigenvalue weighted by Crippen LogP contribution is 2.34. The molecule has 2 atom stereocenters. The van der Waals surface area contributed by atoms with Crippen molar-refractivity contribution < 1.29 is 39.5 Å². The smallest absolute Gasteiger partial charge is 0.336 e. The van der Waals surface area contributed by atoms with Crippen LogP contribution < -0.4 is 4.74 Å². The second kappa shape index (κ2) is 9.60. The summed E-state index contributed by atoms with van der Waals surface area (Å²) in [5.41, 5.74) is -1.60. The average Bonchev–Trinajstić information content (AvgIpc) is 2.78. The minimum absolute atomic E-state index is 0.0902. The Bertz CT molecular complexity index is 1040. The molecule has 4 N–H and O–H groups in total. The lowest BCUT2D eigenvalue weighted by Crippen LogP contribution is -2.52. The summed E-state index contributed by atoms with van der Waals surface area (Å²) in [7, 11) is 1.59. The number of benzene rings is 2. The van der Waals surface area contributed by atoms with E-state index in [4.69, 9.17) is 9.84 Å². The zero-order valence-electron chi connectivity index (χ0n) is 18.2. The first-order valence-corrected chi connectivity index (χ1v) is 10.5. The van der Waals surface area contributed by atoms with Gasteiger partial charge in [-0.2, -0.15) is 0 Å². The van der Waals surface area contributed by atoms with Crippen molar-refractivity contribution in [1.82, 2.24) is 4.90 Å². The van der Waals surface area contributed by atoms with Gasteiger partial charge in [0.25, 0.3) is 0 Å². The van der Waals surface area contributed by atoms with E-state index in [-0.39, 0.29) is 13.1 Å². The number of carbonyl (C=O) groups is 3. The summed E-state index contributed by atoms with van der Waals surface area (Å²) in [6.07, 6.45) is -1.13. The van der Waals surface area contributed by atoms with E-state index in [9.17, 15) is 29.7 Å². The molecule has 0 radical (unpaired) electrons. The molecular formula is C24H27NO8. The zero-order chi connectivity index (χ0) is 24.2. The molecule has 1 aliphatic heterocycles. The maximum absolute atomic E-state index is 12.7. The van der Waals surface area contributed by atoms with Crippen LogP contribution in [-0.4, -0.2) is 69.0 Å². The first-order chi connectivity index (χ1) is 15.6. The van der Waals surface area contributed by atoms with E-state index in [2.05, 4.69) is 0 Å². The fraction of sp³-hybridized carbons (Fsp3) is 0.375. The topological polar surface area (TPSA) is 145 Å². The normalized spacial score (nSPS) is 20.0. The predicted molar refractivity (Wildman–Crippen MR) is 118 cm³/mol. The number of nitrogens with zero attached hydrogens (tertiary/aromatic N) is 1. The SMILES string of the molecule is COc1cccc(-c2ccc(C3(O)CCCN(C(=O)CC(O)(CC(=O)O)C(=O)O)C3)cc2)c1. The van der Waals surface area contributed by atoms with E-state index in [1.807, 2.05) is 36.4 Å². The molecule has 2 aromatic rings. The van der Waals surface area contributed by atoms with Gasteiger partial charge >= 0.3 is 11.9 Å². The van der Waals surface area contributed by atoms with Gasteiger partial charge in [0.15, 0.2) is 5.60 Å². The number of hydrogen-bond donors (Lipinski definition) is 4. The molecule has 1 fully saturated rings. The van der Waals surface area contributed by atoms with E-state index in [1.165, 1.54) is 4.90 Å². The van der Waals surface area contributed by atoms with Gasteiger partial charge in [-0.15, -0.1) is 0 Å². The van der Waals surface area contributed by atoms with Gasteiger partial charge < -0.3 is 30.1 Å². The van der Waals surface area contributed by atoms with Crippen molar-refractivity contribution >= 4 is 17.8 Å². The largest absolute Gasteiger partial charge is 0.497 e. The monoisotopic (exact) mass is 457 g/mol. The number of ether oxygens (including phenoxy) is 1. The molecule has 1 saturated heterocycles. The molecule has 1 amide bonds. The van der Waals surface area contributed by atoms with Gasteiger partial charge in [0, 0.05) is 6.54 Å². The van der Waals surface area contributed by atoms with Crippen LogP contribution in [0.25, 0.3) is 11.1 Å². The van der Waals surface area contributed by atoms with Crippen molar-refractivity contribution in [1.29, 1.82) is 0 Å². The Hall–Kier alpha value is -3.43. The summed E-state index contributed by atoms with van der Waals surface area (Å²) < 4.78 is 5.25. The van der Waals surface area contributed by atoms with Gasteiger partial charge in [-0.05, 0) is 41.7 Å². The highest BCUT2D eigenvalue weighted by molar-refractivity contribution is 5.90. The van der Waals surface area contributed by atoms with E-state index in [0.29, 0.717) is 18.4 Å². The number of rotatable bonds is 8. The Kier molecular flexibility index (Phi) is 7.04. The molecule has 3 rings (SSSR count). The number of carboxylic acid groups (broad SMARTS) is 2. The third-order valence-corrected chi connectivity index (χ3v) is 5.93. The van der Waals surface area contributed by atoms with Gasteiger partial charge in [-0.1, -0.05) is 36.4 Å². The fourth-order valence-electron chi connectivity index (χ4n) is 4.09. The highest BCUT2D eigenvalue weighted by Gasteiger charge is 2.44. The van der Waals surface area contributed by atoms with Crippen molar-refractivity contribution in [2.24, 2.45) is 0 Å². The van der Waals surface area contributed by atoms with Gasteiger partial charge in [0.05, 0.1) is 26.5 Å². The molecule has 0 saturated carbocycles. The van der Waals surface area contributed by atoms with E-state index < -0.39 is 41.9 Å². The van der Waals surface area contributed by atoms with Crippen LogP contribution in [0.5, 0.6) is 5.75 Å². The predicted octanol–water partition coefficient (Wildman–Crippen LogP) is 1.85. The Labute approximate surface area is 190 Å². The first-order valence-electron chi connectivity index (χ1n) is 10.5. The molecular weight excluding hydrogens is 430 g/mol. The Morgan fingerprint density at radius 1 is 1.06 bits per heavy atom. The maximum Gasteiger partial charge on any atom is 0.336 e. The Morgan fingerprint density at radius 3 is 2.36 bits per heavy atom. The molecule has 1 heterocycles. The number of β-amino-alcohol motifs (C(OH)–C–C–N with tert-alkyl or cyclic N) is 1. The third kappa shape index (κ3) is 5.50. The molecule has 176 valence electrons. The van der Waals surface area contributed by atoms with Crippen LogP contribution in [-0.2, 0) is 20.0 Å². The molecule has 2 unspecified atom stereocenters. The zero-order valence-corrected chi connectivity index (χ0v) is 18.2. The summed E-state index contributed by atoms with van der Waals surface area (Å²) in [5.74, 6) is -3.31. The van der Waals surface area contributed by atoms with Crippen molar-refractivity contribution in [3.8, 4) is 16.9 Å². The van der Waals surface area contributed by atoms with Crippen LogP contribution in [0.2, 0.25) is 0 Å². The molecule has 33 heavy (non-hydrogen) atoms. The minimum atomic E-state index is -2.71. The minimum Gasteiger partial charge on any atom is -0.497 e. The molecule has 0 spiro atoms. The fourth-order valence-corrected chi connectivity index (χ4v) is 4.09. The number of carbonyl (C=O) groups excluding carboxylic acids is 1. The van der Waals surface area contributed by atoms with Crippen LogP contribution in [0.15, 0.2) is 48.5 Å². The molecule has 0 aromatic heterocycles. The van der Waals surface area contributed by atoms with Crippen molar-refractivity contribution in [3.05, 3.63) is 54.1 Å². The summed E-state index contributed by atoms with van der Waals surface area (Å²) in [4.78, 5) is 36.3. The van der Waals surface area contributed by atoms with Crippen LogP contribution in [0.4, 0.5) is 0 Å². The van der Waals surface area contributed by atoms with Crippen LogP contribution in [0.3, 0.4) is 0 Å². The molecule has 1 aliphatic rings. The lowest BCUT2D eigenvalue weighted by atomic mass is 9.84. The Balaban J connectivity index is 1.76. The number of hydrogen-bond acceptors (Lipinski definition) is 6. The van der Waals surface area contributed by atoms with Crippen molar-refractivity contribution in [2.75, 3.05) is 20.2 Å². The number of aliphatic hydroxyl groups is 2. The summed E-state index contributed by atoms with van der Waals surface area (Å²) in [5, 5.41) is 39.6. The quantitative estimate of drug-likeness (QED) is 0.470. The number of methoxy groups -OCH3 is 1. The van der Waals surface area contributed by atoms with Gasteiger partial charge in [0.2, 0.25) is 5.91 Å². The van der Waals surface area contributed by atoms with E-state index >= 15 is 0 Å². The number of aliphatic carboxylic acids is 2. The lowest BCUT2D eigenvalue weighted by molar-refractivity contribution is -0.170. The van der Waals surface area contributed by atoms with E-state index in [1.54, 1.807) is 19.2 Å². The summed E-state index contributed by atoms with van der Waals surface area (Å²) in [6, 6.07) is 14.8. The molecule has 2 aromatic carbocycles. The average molecular weight is 457 g/mol. The van der Waals surface area contributed by atoms with Crippen molar-refractivity contribution in [3.63, 3.8) is 0 Å². The second-order valence-corrected chi connectivity index (χ2v) is 8.34.